The molecule has 0 aromatic rings. The standard InChI is InChI=1S/C10H16N4O/c11-13-12-9-4-6-14(7-5-9)10(15)8-2-1-3-8/h8-9H,1-7H2. The Hall–Kier alpha value is -1.22. The van der Waals surface area contributed by atoms with Gasteiger partial charge in [-0.2, -0.15) is 0 Å². The Kier molecular flexibility index (Phi) is 3.11. The van der Waals surface area contributed by atoms with E-state index in [1.54, 1.807) is 0 Å². The first-order valence-corrected chi connectivity index (χ1v) is 5.64. The Morgan fingerprint density at radius 2 is 1.93 bits per heavy atom. The summed E-state index contributed by atoms with van der Waals surface area (Å²) in [5, 5.41) is 3.70. The van der Waals surface area contributed by atoms with Crippen LogP contribution in [0.3, 0.4) is 0 Å². The van der Waals surface area contributed by atoms with Crippen molar-refractivity contribution in [3.63, 3.8) is 0 Å². The second-order valence-corrected chi connectivity index (χ2v) is 4.39. The van der Waals surface area contributed by atoms with Gasteiger partial charge in [0.25, 0.3) is 0 Å². The van der Waals surface area contributed by atoms with E-state index in [2.05, 4.69) is 10.0 Å². The lowest BCUT2D eigenvalue weighted by molar-refractivity contribution is -0.139. The smallest absolute Gasteiger partial charge is 0.225 e. The van der Waals surface area contributed by atoms with Gasteiger partial charge in [-0.3, -0.25) is 4.79 Å². The summed E-state index contributed by atoms with van der Waals surface area (Å²) < 4.78 is 0. The number of hydrogen-bond donors (Lipinski definition) is 0. The van der Waals surface area contributed by atoms with Gasteiger partial charge >= 0.3 is 0 Å². The van der Waals surface area contributed by atoms with Crippen LogP contribution < -0.4 is 0 Å². The van der Waals surface area contributed by atoms with Crippen LogP contribution in [0.25, 0.3) is 10.4 Å². The van der Waals surface area contributed by atoms with Gasteiger partial charge < -0.3 is 4.90 Å². The summed E-state index contributed by atoms with van der Waals surface area (Å²) in [4.78, 5) is 16.6. The Labute approximate surface area is 89.1 Å². The predicted octanol–water partition coefficient (Wildman–Crippen LogP) is 2.09. The average molecular weight is 208 g/mol. The van der Waals surface area contributed by atoms with Gasteiger partial charge in [0.05, 0.1) is 0 Å². The highest BCUT2D eigenvalue weighted by molar-refractivity contribution is 5.79. The van der Waals surface area contributed by atoms with Crippen LogP contribution in [-0.4, -0.2) is 29.9 Å². The van der Waals surface area contributed by atoms with Crippen LogP contribution >= 0.6 is 0 Å². The van der Waals surface area contributed by atoms with Gasteiger partial charge in [0.15, 0.2) is 0 Å². The average Bonchev–Trinajstić information content (AvgIpc) is 2.16. The fourth-order valence-electron chi connectivity index (χ4n) is 2.19. The lowest BCUT2D eigenvalue weighted by Gasteiger charge is -2.35. The maximum absolute atomic E-state index is 11.9. The van der Waals surface area contributed by atoms with Crippen molar-refractivity contribution >= 4 is 5.91 Å². The first-order chi connectivity index (χ1) is 7.31. The van der Waals surface area contributed by atoms with Crippen molar-refractivity contribution in [1.82, 2.24) is 4.90 Å². The van der Waals surface area contributed by atoms with E-state index in [1.807, 2.05) is 4.90 Å². The molecule has 0 N–H and O–H groups in total. The molecule has 1 amide bonds. The maximum Gasteiger partial charge on any atom is 0.225 e. The third-order valence-corrected chi connectivity index (χ3v) is 3.45. The molecule has 82 valence electrons. The highest BCUT2D eigenvalue weighted by Crippen LogP contribution is 2.29. The fourth-order valence-corrected chi connectivity index (χ4v) is 2.19. The van der Waals surface area contributed by atoms with Crippen molar-refractivity contribution < 1.29 is 4.79 Å². The summed E-state index contributed by atoms with van der Waals surface area (Å²) in [7, 11) is 0. The molecule has 0 atom stereocenters. The SMILES string of the molecule is [N-]=[N+]=NC1CCN(C(=O)C2CCC2)CC1. The van der Waals surface area contributed by atoms with E-state index in [0.717, 1.165) is 38.8 Å². The first-order valence-electron chi connectivity index (χ1n) is 5.64. The zero-order chi connectivity index (χ0) is 10.7. The lowest BCUT2D eigenvalue weighted by Crippen LogP contribution is -2.44. The van der Waals surface area contributed by atoms with E-state index >= 15 is 0 Å². The first kappa shape index (κ1) is 10.3. The van der Waals surface area contributed by atoms with Crippen molar-refractivity contribution in [1.29, 1.82) is 0 Å². The fraction of sp³-hybridized carbons (Fsp3) is 0.900. The molecule has 1 heterocycles. The van der Waals surface area contributed by atoms with Gasteiger partial charge in [0.2, 0.25) is 5.91 Å². The second kappa shape index (κ2) is 4.53. The van der Waals surface area contributed by atoms with Crippen LogP contribution in [0.5, 0.6) is 0 Å². The summed E-state index contributed by atoms with van der Waals surface area (Å²) in [5.41, 5.74) is 8.31. The summed E-state index contributed by atoms with van der Waals surface area (Å²) in [6.45, 7) is 1.53. The number of piperidine rings is 1. The Bertz CT molecular complexity index is 286. The molecule has 5 nitrogen and oxygen atoms in total. The van der Waals surface area contributed by atoms with Crippen molar-refractivity contribution in [3.8, 4) is 0 Å². The number of amides is 1. The van der Waals surface area contributed by atoms with E-state index in [1.165, 1.54) is 6.42 Å². The van der Waals surface area contributed by atoms with Crippen molar-refractivity contribution in [2.75, 3.05) is 13.1 Å². The van der Waals surface area contributed by atoms with Crippen molar-refractivity contribution in [2.24, 2.45) is 11.0 Å². The monoisotopic (exact) mass is 208 g/mol. The minimum absolute atomic E-state index is 0.0976. The summed E-state index contributed by atoms with van der Waals surface area (Å²) in [6, 6.07) is 0.0976. The number of likely N-dealkylation sites (tertiary alicyclic amines) is 1. The Morgan fingerprint density at radius 3 is 2.40 bits per heavy atom. The number of rotatable bonds is 2. The molecule has 1 saturated heterocycles. The van der Waals surface area contributed by atoms with Gasteiger partial charge in [0, 0.05) is 30.0 Å². The molecule has 2 aliphatic rings. The maximum atomic E-state index is 11.9. The van der Waals surface area contributed by atoms with Crippen LogP contribution in [0.2, 0.25) is 0 Å². The van der Waals surface area contributed by atoms with Gasteiger partial charge in [-0.1, -0.05) is 11.5 Å². The molecule has 1 aliphatic heterocycles. The van der Waals surface area contributed by atoms with Crippen LogP contribution in [0, 0.1) is 5.92 Å². The molecule has 0 bridgehead atoms. The zero-order valence-corrected chi connectivity index (χ0v) is 8.80. The van der Waals surface area contributed by atoms with Crippen LogP contribution in [0.15, 0.2) is 5.11 Å². The molecule has 1 aliphatic carbocycles. The predicted molar refractivity (Wildman–Crippen MR) is 56.1 cm³/mol. The van der Waals surface area contributed by atoms with Crippen molar-refractivity contribution in [2.45, 2.75) is 38.1 Å². The zero-order valence-electron chi connectivity index (χ0n) is 8.80. The molecule has 2 rings (SSSR count). The van der Waals surface area contributed by atoms with Crippen molar-refractivity contribution in [3.05, 3.63) is 10.4 Å². The number of carbonyl (C=O) groups is 1. The normalized spacial score (nSPS) is 23.1. The molecule has 0 aromatic carbocycles. The number of hydrogen-bond acceptors (Lipinski definition) is 2. The quantitative estimate of drug-likeness (QED) is 0.389. The third-order valence-electron chi connectivity index (χ3n) is 3.45. The van der Waals surface area contributed by atoms with Gasteiger partial charge in [-0.15, -0.1) is 0 Å². The molecule has 0 spiro atoms. The molecule has 5 heteroatoms. The van der Waals surface area contributed by atoms with Crippen LogP contribution in [-0.2, 0) is 4.79 Å². The second-order valence-electron chi connectivity index (χ2n) is 4.39. The number of azide groups is 1. The minimum Gasteiger partial charge on any atom is -0.342 e. The molecular formula is C10H16N4O. The molecule has 0 aromatic heterocycles. The molecule has 0 unspecified atom stereocenters. The molecule has 0 radical (unpaired) electrons. The topological polar surface area (TPSA) is 69.1 Å². The van der Waals surface area contributed by atoms with E-state index in [0.29, 0.717) is 11.8 Å². The Balaban J connectivity index is 1.81. The van der Waals surface area contributed by atoms with E-state index < -0.39 is 0 Å². The minimum atomic E-state index is 0.0976. The summed E-state index contributed by atoms with van der Waals surface area (Å²) >= 11 is 0. The largest absolute Gasteiger partial charge is 0.342 e. The van der Waals surface area contributed by atoms with Gasteiger partial charge in [-0.05, 0) is 31.2 Å². The molecule has 2 fully saturated rings. The molecule has 15 heavy (non-hydrogen) atoms. The molecule has 1 saturated carbocycles. The van der Waals surface area contributed by atoms with Crippen LogP contribution in [0.1, 0.15) is 32.1 Å². The number of carbonyl (C=O) groups excluding carboxylic acids is 1. The van der Waals surface area contributed by atoms with Crippen LogP contribution in [0.4, 0.5) is 0 Å². The van der Waals surface area contributed by atoms with E-state index in [4.69, 9.17) is 5.53 Å². The third kappa shape index (κ3) is 2.23. The Morgan fingerprint density at radius 1 is 1.27 bits per heavy atom. The highest BCUT2D eigenvalue weighted by atomic mass is 16.2. The van der Waals surface area contributed by atoms with Gasteiger partial charge in [-0.25, -0.2) is 0 Å². The van der Waals surface area contributed by atoms with E-state index in [9.17, 15) is 4.79 Å². The summed E-state index contributed by atoms with van der Waals surface area (Å²) in [6.07, 6.45) is 4.97. The van der Waals surface area contributed by atoms with Gasteiger partial charge in [0.1, 0.15) is 0 Å². The molecular weight excluding hydrogens is 192 g/mol. The lowest BCUT2D eigenvalue weighted by atomic mass is 9.84. The number of nitrogens with zero attached hydrogens (tertiary/aromatic N) is 4. The highest BCUT2D eigenvalue weighted by Gasteiger charge is 2.31. The van der Waals surface area contributed by atoms with E-state index in [-0.39, 0.29) is 6.04 Å². The summed E-state index contributed by atoms with van der Waals surface area (Å²) in [5.74, 6) is 0.613.